The molecule has 1 amide bonds. The molecule has 1 fully saturated rings. The summed E-state index contributed by atoms with van der Waals surface area (Å²) >= 11 is 0. The van der Waals surface area contributed by atoms with Gasteiger partial charge in [0.15, 0.2) is 0 Å². The number of benzene rings is 1. The van der Waals surface area contributed by atoms with Crippen molar-refractivity contribution in [1.29, 1.82) is 0 Å². The van der Waals surface area contributed by atoms with Crippen molar-refractivity contribution in [3.8, 4) is 0 Å². The van der Waals surface area contributed by atoms with Gasteiger partial charge in [-0.3, -0.25) is 4.79 Å². The Morgan fingerprint density at radius 1 is 1.53 bits per heavy atom. The smallest absolute Gasteiger partial charge is 0.227 e. The van der Waals surface area contributed by atoms with Gasteiger partial charge in [-0.1, -0.05) is 12.1 Å². The van der Waals surface area contributed by atoms with Crippen molar-refractivity contribution < 1.29 is 9.53 Å². The Morgan fingerprint density at radius 3 is 3.00 bits per heavy atom. The molecule has 0 bridgehead atoms. The van der Waals surface area contributed by atoms with Crippen molar-refractivity contribution in [3.05, 3.63) is 29.8 Å². The van der Waals surface area contributed by atoms with E-state index in [4.69, 9.17) is 10.5 Å². The van der Waals surface area contributed by atoms with Gasteiger partial charge in [0.25, 0.3) is 0 Å². The second-order valence-corrected chi connectivity index (χ2v) is 4.99. The van der Waals surface area contributed by atoms with Crippen molar-refractivity contribution in [2.45, 2.75) is 32.3 Å². The van der Waals surface area contributed by atoms with Gasteiger partial charge >= 0.3 is 0 Å². The second kappa shape index (κ2) is 6.57. The average Bonchev–Trinajstić information content (AvgIpc) is 2.88. The molecule has 1 aliphatic heterocycles. The molecule has 1 aromatic carbocycles. The standard InChI is InChI=1S/C15H22N2O2/c1-2-17(11-14-7-4-8-19-14)15(18)10-12-5-3-6-13(16)9-12/h3,5-6,9,14H,2,4,7-8,10-11,16H2,1H3. The largest absolute Gasteiger partial charge is 0.399 e. The molecule has 4 nitrogen and oxygen atoms in total. The molecule has 4 heteroatoms. The summed E-state index contributed by atoms with van der Waals surface area (Å²) in [6, 6.07) is 7.51. The van der Waals surface area contributed by atoms with Gasteiger partial charge in [0.1, 0.15) is 0 Å². The van der Waals surface area contributed by atoms with Gasteiger partial charge < -0.3 is 15.4 Å². The normalized spacial score (nSPS) is 18.5. The van der Waals surface area contributed by atoms with Crippen LogP contribution in [-0.2, 0) is 16.0 Å². The molecule has 0 aromatic heterocycles. The lowest BCUT2D eigenvalue weighted by molar-refractivity contribution is -0.131. The molecule has 1 unspecified atom stereocenters. The van der Waals surface area contributed by atoms with E-state index >= 15 is 0 Å². The highest BCUT2D eigenvalue weighted by Gasteiger charge is 2.21. The Bertz CT molecular complexity index is 428. The second-order valence-electron chi connectivity index (χ2n) is 4.99. The Balaban J connectivity index is 1.92. The maximum absolute atomic E-state index is 12.3. The number of nitrogens with zero attached hydrogens (tertiary/aromatic N) is 1. The minimum absolute atomic E-state index is 0.142. The fraction of sp³-hybridized carbons (Fsp3) is 0.533. The zero-order valence-electron chi connectivity index (χ0n) is 11.5. The number of carbonyl (C=O) groups excluding carboxylic acids is 1. The van der Waals surface area contributed by atoms with Crippen LogP contribution in [0.2, 0.25) is 0 Å². The molecule has 0 saturated carbocycles. The highest BCUT2D eigenvalue weighted by atomic mass is 16.5. The summed E-state index contributed by atoms with van der Waals surface area (Å²) in [5, 5.41) is 0. The molecular weight excluding hydrogens is 240 g/mol. The summed E-state index contributed by atoms with van der Waals surface area (Å²) in [7, 11) is 0. The molecular formula is C15H22N2O2. The fourth-order valence-corrected chi connectivity index (χ4v) is 2.43. The zero-order valence-corrected chi connectivity index (χ0v) is 11.5. The van der Waals surface area contributed by atoms with Gasteiger partial charge in [-0.15, -0.1) is 0 Å². The first-order valence-corrected chi connectivity index (χ1v) is 6.93. The van der Waals surface area contributed by atoms with E-state index in [1.807, 2.05) is 36.1 Å². The van der Waals surface area contributed by atoms with E-state index in [9.17, 15) is 4.79 Å². The molecule has 2 rings (SSSR count). The number of rotatable bonds is 5. The summed E-state index contributed by atoms with van der Waals surface area (Å²) in [4.78, 5) is 14.1. The van der Waals surface area contributed by atoms with Crippen LogP contribution < -0.4 is 5.73 Å². The number of nitrogens with two attached hydrogens (primary N) is 1. The lowest BCUT2D eigenvalue weighted by atomic mass is 10.1. The van der Waals surface area contributed by atoms with E-state index in [2.05, 4.69) is 0 Å². The van der Waals surface area contributed by atoms with Gasteiger partial charge in [0, 0.05) is 25.4 Å². The summed E-state index contributed by atoms with van der Waals surface area (Å²) in [6.45, 7) is 4.26. The van der Waals surface area contributed by atoms with E-state index in [1.165, 1.54) is 0 Å². The molecule has 19 heavy (non-hydrogen) atoms. The van der Waals surface area contributed by atoms with Gasteiger partial charge in [-0.2, -0.15) is 0 Å². The Labute approximate surface area is 114 Å². The quantitative estimate of drug-likeness (QED) is 0.824. The number of amides is 1. The molecule has 0 aliphatic carbocycles. The first-order chi connectivity index (χ1) is 9.19. The SMILES string of the molecule is CCN(CC1CCCO1)C(=O)Cc1cccc(N)c1. The third-order valence-corrected chi connectivity index (χ3v) is 3.49. The van der Waals surface area contributed by atoms with E-state index in [-0.39, 0.29) is 12.0 Å². The van der Waals surface area contributed by atoms with Gasteiger partial charge in [0.2, 0.25) is 5.91 Å². The number of anilines is 1. The molecule has 1 heterocycles. The summed E-state index contributed by atoms with van der Waals surface area (Å²) < 4.78 is 5.59. The number of likely N-dealkylation sites (N-methyl/N-ethyl adjacent to an activating group) is 1. The molecule has 1 saturated heterocycles. The molecule has 1 atom stereocenters. The van der Waals surface area contributed by atoms with Crippen LogP contribution >= 0.6 is 0 Å². The van der Waals surface area contributed by atoms with Crippen LogP contribution in [0.3, 0.4) is 0 Å². The van der Waals surface area contributed by atoms with Crippen molar-refractivity contribution in [2.24, 2.45) is 0 Å². The van der Waals surface area contributed by atoms with Gasteiger partial charge in [-0.05, 0) is 37.5 Å². The van der Waals surface area contributed by atoms with Gasteiger partial charge in [-0.25, -0.2) is 0 Å². The number of carbonyl (C=O) groups is 1. The minimum atomic E-state index is 0.142. The van der Waals surface area contributed by atoms with Crippen LogP contribution in [0, 0.1) is 0 Å². The van der Waals surface area contributed by atoms with E-state index < -0.39 is 0 Å². The third-order valence-electron chi connectivity index (χ3n) is 3.49. The monoisotopic (exact) mass is 262 g/mol. The molecule has 104 valence electrons. The molecule has 0 spiro atoms. The van der Waals surface area contributed by atoms with Gasteiger partial charge in [0.05, 0.1) is 12.5 Å². The molecule has 1 aliphatic rings. The van der Waals surface area contributed by atoms with Crippen molar-refractivity contribution in [2.75, 3.05) is 25.4 Å². The highest BCUT2D eigenvalue weighted by molar-refractivity contribution is 5.79. The summed E-state index contributed by atoms with van der Waals surface area (Å²) in [5.74, 6) is 0.142. The van der Waals surface area contributed by atoms with Crippen LogP contribution in [0.5, 0.6) is 0 Å². The van der Waals surface area contributed by atoms with E-state index in [1.54, 1.807) is 0 Å². The predicted molar refractivity (Wildman–Crippen MR) is 75.8 cm³/mol. The van der Waals surface area contributed by atoms with E-state index in [0.717, 1.165) is 31.6 Å². The summed E-state index contributed by atoms with van der Waals surface area (Å²) in [5.41, 5.74) is 7.40. The first kappa shape index (κ1) is 13.9. The maximum atomic E-state index is 12.3. The lowest BCUT2D eigenvalue weighted by Gasteiger charge is -2.24. The van der Waals surface area contributed by atoms with Crippen molar-refractivity contribution in [3.63, 3.8) is 0 Å². The average molecular weight is 262 g/mol. The van der Waals surface area contributed by atoms with E-state index in [0.29, 0.717) is 18.7 Å². The van der Waals surface area contributed by atoms with Crippen LogP contribution in [-0.4, -0.2) is 36.6 Å². The number of hydrogen-bond donors (Lipinski definition) is 1. The molecule has 2 N–H and O–H groups in total. The van der Waals surface area contributed by atoms with Crippen molar-refractivity contribution >= 4 is 11.6 Å². The number of ether oxygens (including phenoxy) is 1. The summed E-state index contributed by atoms with van der Waals surface area (Å²) in [6.07, 6.45) is 2.78. The number of nitrogen functional groups attached to an aromatic ring is 1. The van der Waals surface area contributed by atoms with Crippen LogP contribution in [0.1, 0.15) is 25.3 Å². The fourth-order valence-electron chi connectivity index (χ4n) is 2.43. The minimum Gasteiger partial charge on any atom is -0.399 e. The topological polar surface area (TPSA) is 55.6 Å². The third kappa shape index (κ3) is 3.96. The Morgan fingerprint density at radius 2 is 2.37 bits per heavy atom. The first-order valence-electron chi connectivity index (χ1n) is 6.93. The van der Waals surface area contributed by atoms with Crippen LogP contribution in [0.25, 0.3) is 0 Å². The van der Waals surface area contributed by atoms with Crippen LogP contribution in [0.4, 0.5) is 5.69 Å². The Kier molecular flexibility index (Phi) is 4.80. The van der Waals surface area contributed by atoms with Crippen LogP contribution in [0.15, 0.2) is 24.3 Å². The predicted octanol–water partition coefficient (Wildman–Crippen LogP) is 1.84. The highest BCUT2D eigenvalue weighted by Crippen LogP contribution is 2.14. The molecule has 0 radical (unpaired) electrons. The molecule has 1 aromatic rings. The lowest BCUT2D eigenvalue weighted by Crippen LogP contribution is -2.38. The zero-order chi connectivity index (χ0) is 13.7. The number of hydrogen-bond acceptors (Lipinski definition) is 3. The Hall–Kier alpha value is -1.55. The van der Waals surface area contributed by atoms with Crippen molar-refractivity contribution in [1.82, 2.24) is 4.90 Å². The maximum Gasteiger partial charge on any atom is 0.227 e.